The fraction of sp³-hybridized carbons (Fsp3) is 0.500. The van der Waals surface area contributed by atoms with Crippen LogP contribution >= 0.6 is 0 Å². The Morgan fingerprint density at radius 1 is 1.53 bits per heavy atom. The van der Waals surface area contributed by atoms with Crippen LogP contribution in [0.5, 0.6) is 5.88 Å². The minimum Gasteiger partial charge on any atom is -0.470 e. The number of amides is 1. The molecule has 1 aromatic heterocycles. The molecule has 0 radical (unpaired) electrons. The molecule has 1 aliphatic rings. The van der Waals surface area contributed by atoms with Crippen LogP contribution in [0.1, 0.15) is 18.9 Å². The first-order valence-corrected chi connectivity index (χ1v) is 5.88. The average Bonchev–Trinajstić information content (AvgIpc) is 2.31. The van der Waals surface area contributed by atoms with Crippen LogP contribution in [0.15, 0.2) is 18.3 Å². The molecule has 0 saturated carbocycles. The molecule has 2 rings (SSSR count). The quantitative estimate of drug-likeness (QED) is 0.847. The number of rotatable bonds is 3. The zero-order valence-electron chi connectivity index (χ0n) is 10.3. The van der Waals surface area contributed by atoms with Crippen LogP contribution in [0, 0.1) is 0 Å². The summed E-state index contributed by atoms with van der Waals surface area (Å²) < 4.78 is 43.3. The van der Waals surface area contributed by atoms with Gasteiger partial charge in [-0.1, -0.05) is 6.92 Å². The van der Waals surface area contributed by atoms with Crippen LogP contribution in [0.2, 0.25) is 0 Å². The summed E-state index contributed by atoms with van der Waals surface area (Å²) >= 11 is 0. The second-order valence-corrected chi connectivity index (χ2v) is 4.25. The molecule has 0 atom stereocenters. The number of carbonyl (C=O) groups is 1. The molecule has 4 nitrogen and oxygen atoms in total. The lowest BCUT2D eigenvalue weighted by Gasteiger charge is -2.38. The molecule has 0 aromatic carbocycles. The van der Waals surface area contributed by atoms with Gasteiger partial charge in [0.2, 0.25) is 11.8 Å². The predicted molar refractivity (Wildman–Crippen MR) is 60.5 cm³/mol. The van der Waals surface area contributed by atoms with Gasteiger partial charge in [-0.3, -0.25) is 4.79 Å². The smallest absolute Gasteiger partial charge is 0.421 e. The monoisotopic (exact) mass is 274 g/mol. The van der Waals surface area contributed by atoms with Crippen molar-refractivity contribution in [3.05, 3.63) is 23.9 Å². The summed E-state index contributed by atoms with van der Waals surface area (Å²) in [6.45, 7) is 2.35. The largest absolute Gasteiger partial charge is 0.470 e. The van der Waals surface area contributed by atoms with Crippen molar-refractivity contribution >= 4 is 5.91 Å². The molecule has 0 unspecified atom stereocenters. The Bertz CT molecular complexity index is 470. The zero-order valence-corrected chi connectivity index (χ0v) is 10.3. The number of halogens is 3. The summed E-state index contributed by atoms with van der Waals surface area (Å²) in [5.74, 6) is -0.458. The summed E-state index contributed by atoms with van der Waals surface area (Å²) in [4.78, 5) is 16.4. The number of likely N-dealkylation sites (tertiary alicyclic amines) is 1. The maximum Gasteiger partial charge on any atom is 0.421 e. The van der Waals surface area contributed by atoms with Gasteiger partial charge in [0.25, 0.3) is 0 Å². The van der Waals surface area contributed by atoms with E-state index in [1.165, 1.54) is 12.3 Å². The first kappa shape index (κ1) is 13.6. The zero-order chi connectivity index (χ0) is 14.0. The van der Waals surface area contributed by atoms with Crippen LogP contribution in [0.3, 0.4) is 0 Å². The van der Waals surface area contributed by atoms with Crippen molar-refractivity contribution in [1.82, 2.24) is 9.88 Å². The second-order valence-electron chi connectivity index (χ2n) is 4.25. The van der Waals surface area contributed by atoms with Crippen LogP contribution < -0.4 is 4.74 Å². The lowest BCUT2D eigenvalue weighted by atomic mass is 10.1. The molecular formula is C12H13F3N2O2. The minimum atomic E-state index is -4.49. The van der Waals surface area contributed by atoms with Crippen LogP contribution in [0.4, 0.5) is 13.2 Å². The van der Waals surface area contributed by atoms with Crippen molar-refractivity contribution in [3.63, 3.8) is 0 Å². The van der Waals surface area contributed by atoms with Crippen molar-refractivity contribution in [2.45, 2.75) is 25.6 Å². The van der Waals surface area contributed by atoms with E-state index in [-0.39, 0.29) is 5.91 Å². The number of hydrogen-bond donors (Lipinski definition) is 0. The van der Waals surface area contributed by atoms with Gasteiger partial charge in [-0.2, -0.15) is 13.2 Å². The number of hydrogen-bond acceptors (Lipinski definition) is 3. The number of carbonyl (C=O) groups excluding carboxylic acids is 1. The van der Waals surface area contributed by atoms with Crippen molar-refractivity contribution in [2.24, 2.45) is 0 Å². The highest BCUT2D eigenvalue weighted by Gasteiger charge is 2.38. The minimum absolute atomic E-state index is 0.0306. The first-order chi connectivity index (χ1) is 8.91. The number of ether oxygens (including phenoxy) is 1. The van der Waals surface area contributed by atoms with E-state index < -0.39 is 23.7 Å². The van der Waals surface area contributed by atoms with Crippen LogP contribution in [-0.4, -0.2) is 35.0 Å². The molecule has 1 amide bonds. The molecule has 104 valence electrons. The van der Waals surface area contributed by atoms with Gasteiger partial charge >= 0.3 is 6.18 Å². The van der Waals surface area contributed by atoms with Crippen LogP contribution in [0.25, 0.3) is 0 Å². The summed E-state index contributed by atoms with van der Waals surface area (Å²) in [6.07, 6.45) is -3.29. The molecule has 1 saturated heterocycles. The Hall–Kier alpha value is -1.79. The summed E-state index contributed by atoms with van der Waals surface area (Å²) in [5.41, 5.74) is -0.893. The maximum atomic E-state index is 12.7. The lowest BCUT2D eigenvalue weighted by Crippen LogP contribution is -2.56. The molecule has 0 N–H and O–H groups in total. The molecule has 0 bridgehead atoms. The molecule has 1 fully saturated rings. The Labute approximate surface area is 108 Å². The van der Waals surface area contributed by atoms with Crippen molar-refractivity contribution < 1.29 is 22.7 Å². The fourth-order valence-corrected chi connectivity index (χ4v) is 1.80. The highest BCUT2D eigenvalue weighted by molar-refractivity contribution is 5.76. The maximum absolute atomic E-state index is 12.7. The van der Waals surface area contributed by atoms with Crippen molar-refractivity contribution in [1.29, 1.82) is 0 Å². The van der Waals surface area contributed by atoms with Gasteiger partial charge in [-0.25, -0.2) is 4.98 Å². The third kappa shape index (κ3) is 2.97. The summed E-state index contributed by atoms with van der Waals surface area (Å²) in [6, 6.07) is 2.14. The van der Waals surface area contributed by atoms with Gasteiger partial charge in [-0.05, 0) is 12.1 Å². The molecule has 1 aromatic rings. The Morgan fingerprint density at radius 3 is 2.79 bits per heavy atom. The van der Waals surface area contributed by atoms with Crippen molar-refractivity contribution in [2.75, 3.05) is 13.1 Å². The van der Waals surface area contributed by atoms with Gasteiger partial charge in [0.15, 0.2) is 0 Å². The molecule has 2 heterocycles. The van der Waals surface area contributed by atoms with E-state index >= 15 is 0 Å². The Balaban J connectivity index is 2.00. The van der Waals surface area contributed by atoms with Gasteiger partial charge < -0.3 is 9.64 Å². The molecular weight excluding hydrogens is 261 g/mol. The highest BCUT2D eigenvalue weighted by Crippen LogP contribution is 2.35. The molecule has 0 spiro atoms. The van der Waals surface area contributed by atoms with Crippen molar-refractivity contribution in [3.8, 4) is 5.88 Å². The van der Waals surface area contributed by atoms with Gasteiger partial charge in [0.05, 0.1) is 13.1 Å². The highest BCUT2D eigenvalue weighted by atomic mass is 19.4. The van der Waals surface area contributed by atoms with E-state index in [1.54, 1.807) is 11.8 Å². The molecule has 7 heteroatoms. The van der Waals surface area contributed by atoms with E-state index in [2.05, 4.69) is 4.98 Å². The van der Waals surface area contributed by atoms with E-state index in [0.29, 0.717) is 19.5 Å². The average molecular weight is 274 g/mol. The van der Waals surface area contributed by atoms with E-state index in [4.69, 9.17) is 4.74 Å². The fourth-order valence-electron chi connectivity index (χ4n) is 1.80. The van der Waals surface area contributed by atoms with Crippen LogP contribution in [-0.2, 0) is 11.0 Å². The third-order valence-corrected chi connectivity index (χ3v) is 2.86. The summed E-state index contributed by atoms with van der Waals surface area (Å²) in [7, 11) is 0. The topological polar surface area (TPSA) is 42.4 Å². The number of alkyl halides is 3. The van der Waals surface area contributed by atoms with Gasteiger partial charge in [-0.15, -0.1) is 0 Å². The Kier molecular flexibility index (Phi) is 3.64. The molecule has 1 aliphatic heterocycles. The van der Waals surface area contributed by atoms with Gasteiger partial charge in [0.1, 0.15) is 11.7 Å². The molecule has 19 heavy (non-hydrogen) atoms. The van der Waals surface area contributed by atoms with Gasteiger partial charge in [0, 0.05) is 12.6 Å². The third-order valence-electron chi connectivity index (χ3n) is 2.86. The van der Waals surface area contributed by atoms with E-state index in [1.807, 2.05) is 0 Å². The number of aromatic nitrogens is 1. The number of pyridine rings is 1. The van der Waals surface area contributed by atoms with E-state index in [9.17, 15) is 18.0 Å². The SMILES string of the molecule is CCC(=O)N1CC(Oc2ncccc2C(F)(F)F)C1. The second kappa shape index (κ2) is 5.07. The lowest BCUT2D eigenvalue weighted by molar-refractivity contribution is -0.144. The standard InChI is InChI=1S/C12H13F3N2O2/c1-2-10(18)17-6-8(7-17)19-11-9(12(13,14)15)4-3-5-16-11/h3-5,8H,2,6-7H2,1H3. The summed E-state index contributed by atoms with van der Waals surface area (Å²) in [5, 5.41) is 0. The van der Waals surface area contributed by atoms with E-state index in [0.717, 1.165) is 6.07 Å². The Morgan fingerprint density at radius 2 is 2.21 bits per heavy atom. The molecule has 0 aliphatic carbocycles. The first-order valence-electron chi connectivity index (χ1n) is 5.88. The normalized spacial score (nSPS) is 16.1. The predicted octanol–water partition coefficient (Wildman–Crippen LogP) is 2.10. The number of nitrogens with zero attached hydrogens (tertiary/aromatic N) is 2.